The zero-order valence-corrected chi connectivity index (χ0v) is 10.8. The summed E-state index contributed by atoms with van der Waals surface area (Å²) in [5.41, 5.74) is 5.04. The summed E-state index contributed by atoms with van der Waals surface area (Å²) in [6.07, 6.45) is -0.601. The van der Waals surface area contributed by atoms with Gasteiger partial charge in [0.25, 0.3) is 0 Å². The number of aliphatic hydroxyl groups excluding tert-OH is 1. The molecule has 1 rings (SSSR count). The summed E-state index contributed by atoms with van der Waals surface area (Å²) in [5.74, 6) is -0.770. The van der Waals surface area contributed by atoms with Crippen LogP contribution in [0.1, 0.15) is 13.3 Å². The minimum atomic E-state index is -0.796. The second-order valence-corrected chi connectivity index (χ2v) is 4.37. The summed E-state index contributed by atoms with van der Waals surface area (Å²) >= 11 is 0. The number of benzene rings is 1. The maximum absolute atomic E-state index is 13.2. The minimum Gasteiger partial charge on any atom is -0.488 e. The largest absolute Gasteiger partial charge is 0.488 e. The van der Waals surface area contributed by atoms with Crippen molar-refractivity contribution < 1.29 is 19.0 Å². The molecule has 19 heavy (non-hydrogen) atoms. The number of halogens is 1. The zero-order valence-electron chi connectivity index (χ0n) is 10.8. The van der Waals surface area contributed by atoms with Crippen LogP contribution in [0.4, 0.5) is 4.39 Å². The number of carbonyl (C=O) groups excluding carboxylic acids is 1. The maximum Gasteiger partial charge on any atom is 0.218 e. The molecule has 0 aromatic heterocycles. The van der Waals surface area contributed by atoms with Crippen LogP contribution in [0.3, 0.4) is 0 Å². The third kappa shape index (κ3) is 6.17. The average Bonchev–Trinajstić information content (AvgIpc) is 2.34. The summed E-state index contributed by atoms with van der Waals surface area (Å²) in [7, 11) is 0. The summed E-state index contributed by atoms with van der Waals surface area (Å²) in [6, 6.07) is 5.87. The lowest BCUT2D eigenvalue weighted by molar-refractivity contribution is -0.118. The van der Waals surface area contributed by atoms with Gasteiger partial charge in [-0.1, -0.05) is 12.1 Å². The lowest BCUT2D eigenvalue weighted by Crippen LogP contribution is -2.38. The van der Waals surface area contributed by atoms with E-state index in [2.05, 4.69) is 5.32 Å². The molecule has 0 saturated heterocycles. The van der Waals surface area contributed by atoms with Gasteiger partial charge in [-0.15, -0.1) is 0 Å². The Labute approximate surface area is 111 Å². The van der Waals surface area contributed by atoms with Crippen molar-refractivity contribution in [3.8, 4) is 5.75 Å². The van der Waals surface area contributed by atoms with Crippen LogP contribution in [0.25, 0.3) is 0 Å². The number of aliphatic hydroxyl groups is 1. The van der Waals surface area contributed by atoms with Crippen LogP contribution in [-0.4, -0.2) is 36.3 Å². The van der Waals surface area contributed by atoms with E-state index in [-0.39, 0.29) is 31.4 Å². The highest BCUT2D eigenvalue weighted by molar-refractivity contribution is 5.74. The Kier molecular flexibility index (Phi) is 6.24. The number of nitrogens with one attached hydrogen (secondary N) is 1. The lowest BCUT2D eigenvalue weighted by atomic mass is 10.2. The van der Waals surface area contributed by atoms with E-state index in [0.717, 1.165) is 0 Å². The van der Waals surface area contributed by atoms with Gasteiger partial charge >= 0.3 is 0 Å². The quantitative estimate of drug-likeness (QED) is 0.639. The third-order valence-electron chi connectivity index (χ3n) is 2.48. The van der Waals surface area contributed by atoms with Crippen molar-refractivity contribution in [2.75, 3.05) is 13.2 Å². The molecule has 0 fully saturated rings. The van der Waals surface area contributed by atoms with Gasteiger partial charge in [0.1, 0.15) is 12.7 Å². The molecule has 0 aliphatic rings. The number of primary amides is 1. The predicted octanol–water partition coefficient (Wildman–Crippen LogP) is 0.419. The molecule has 0 saturated carbocycles. The topological polar surface area (TPSA) is 84.6 Å². The molecular weight excluding hydrogens is 251 g/mol. The molecule has 1 amide bonds. The van der Waals surface area contributed by atoms with Crippen LogP contribution >= 0.6 is 0 Å². The summed E-state index contributed by atoms with van der Waals surface area (Å²) in [4.78, 5) is 10.7. The van der Waals surface area contributed by atoms with Gasteiger partial charge in [0.2, 0.25) is 5.91 Å². The molecule has 4 N–H and O–H groups in total. The van der Waals surface area contributed by atoms with Crippen molar-refractivity contribution in [1.82, 2.24) is 5.32 Å². The Morgan fingerprint density at radius 2 is 2.21 bits per heavy atom. The van der Waals surface area contributed by atoms with Crippen LogP contribution in [0, 0.1) is 5.82 Å². The molecule has 2 unspecified atom stereocenters. The third-order valence-corrected chi connectivity index (χ3v) is 2.48. The number of para-hydroxylation sites is 1. The van der Waals surface area contributed by atoms with Gasteiger partial charge in [0.15, 0.2) is 11.6 Å². The van der Waals surface area contributed by atoms with Gasteiger partial charge in [0.05, 0.1) is 0 Å². The second kappa shape index (κ2) is 7.70. The molecule has 0 aliphatic carbocycles. The van der Waals surface area contributed by atoms with Gasteiger partial charge in [-0.2, -0.15) is 0 Å². The van der Waals surface area contributed by atoms with Crippen LogP contribution in [-0.2, 0) is 4.79 Å². The summed E-state index contributed by atoms with van der Waals surface area (Å²) in [6.45, 7) is 2.00. The second-order valence-electron chi connectivity index (χ2n) is 4.37. The van der Waals surface area contributed by atoms with Crippen molar-refractivity contribution in [3.05, 3.63) is 30.1 Å². The molecule has 0 aliphatic heterocycles. The highest BCUT2D eigenvalue weighted by Gasteiger charge is 2.10. The predicted molar refractivity (Wildman–Crippen MR) is 69.2 cm³/mol. The van der Waals surface area contributed by atoms with E-state index in [0.29, 0.717) is 0 Å². The number of nitrogens with two attached hydrogens (primary N) is 1. The molecule has 106 valence electrons. The van der Waals surface area contributed by atoms with Gasteiger partial charge in [0, 0.05) is 19.0 Å². The van der Waals surface area contributed by atoms with Crippen molar-refractivity contribution in [2.24, 2.45) is 5.73 Å². The van der Waals surface area contributed by atoms with E-state index in [1.54, 1.807) is 19.1 Å². The number of rotatable bonds is 8. The smallest absolute Gasteiger partial charge is 0.218 e. The van der Waals surface area contributed by atoms with E-state index in [1.165, 1.54) is 12.1 Å². The van der Waals surface area contributed by atoms with E-state index in [1.807, 2.05) is 0 Å². The molecule has 1 aromatic carbocycles. The molecule has 0 bridgehead atoms. The standard InChI is InChI=1S/C13H19FN2O3/c1-9(6-13(15)18)16-7-10(17)8-19-12-5-3-2-4-11(12)14/h2-5,9-10,16-17H,6-8H2,1H3,(H2,15,18). The Bertz CT molecular complexity index is 415. The number of ether oxygens (including phenoxy) is 1. The molecule has 6 heteroatoms. The number of amides is 1. The molecule has 2 atom stereocenters. The number of carbonyl (C=O) groups is 1. The normalized spacial score (nSPS) is 13.8. The van der Waals surface area contributed by atoms with Gasteiger partial charge in [-0.3, -0.25) is 4.79 Å². The Morgan fingerprint density at radius 3 is 2.84 bits per heavy atom. The fraction of sp³-hybridized carbons (Fsp3) is 0.462. The molecule has 1 aromatic rings. The number of hydrogen-bond donors (Lipinski definition) is 3. The van der Waals surface area contributed by atoms with E-state index < -0.39 is 17.8 Å². The fourth-order valence-electron chi connectivity index (χ4n) is 1.52. The zero-order chi connectivity index (χ0) is 14.3. The van der Waals surface area contributed by atoms with Crippen molar-refractivity contribution in [1.29, 1.82) is 0 Å². The monoisotopic (exact) mass is 270 g/mol. The van der Waals surface area contributed by atoms with Gasteiger partial charge < -0.3 is 20.9 Å². The van der Waals surface area contributed by atoms with Gasteiger partial charge in [-0.05, 0) is 19.1 Å². The van der Waals surface area contributed by atoms with Crippen molar-refractivity contribution in [2.45, 2.75) is 25.5 Å². The van der Waals surface area contributed by atoms with Crippen LogP contribution in [0.2, 0.25) is 0 Å². The minimum absolute atomic E-state index is 0.0305. The molecule has 0 spiro atoms. The maximum atomic E-state index is 13.2. The lowest BCUT2D eigenvalue weighted by Gasteiger charge is -2.16. The Morgan fingerprint density at radius 1 is 1.53 bits per heavy atom. The fourth-order valence-corrected chi connectivity index (χ4v) is 1.52. The van der Waals surface area contributed by atoms with Crippen LogP contribution in [0.15, 0.2) is 24.3 Å². The van der Waals surface area contributed by atoms with Crippen LogP contribution in [0.5, 0.6) is 5.75 Å². The molecule has 0 heterocycles. The molecule has 0 radical (unpaired) electrons. The van der Waals surface area contributed by atoms with Crippen molar-refractivity contribution in [3.63, 3.8) is 0 Å². The van der Waals surface area contributed by atoms with E-state index in [4.69, 9.17) is 10.5 Å². The van der Waals surface area contributed by atoms with E-state index in [9.17, 15) is 14.3 Å². The first-order chi connectivity index (χ1) is 8.99. The highest BCUT2D eigenvalue weighted by atomic mass is 19.1. The average molecular weight is 270 g/mol. The van der Waals surface area contributed by atoms with Crippen molar-refractivity contribution >= 4 is 5.91 Å². The van der Waals surface area contributed by atoms with E-state index >= 15 is 0 Å². The van der Waals surface area contributed by atoms with Gasteiger partial charge in [-0.25, -0.2) is 4.39 Å². The molecular formula is C13H19FN2O3. The summed E-state index contributed by atoms with van der Waals surface area (Å²) < 4.78 is 18.4. The Balaban J connectivity index is 2.26. The number of hydrogen-bond acceptors (Lipinski definition) is 4. The van der Waals surface area contributed by atoms with Crippen LogP contribution < -0.4 is 15.8 Å². The highest BCUT2D eigenvalue weighted by Crippen LogP contribution is 2.15. The summed E-state index contributed by atoms with van der Waals surface area (Å²) in [5, 5.41) is 12.6. The first kappa shape index (κ1) is 15.4. The first-order valence-corrected chi connectivity index (χ1v) is 6.06. The molecule has 5 nitrogen and oxygen atoms in total. The first-order valence-electron chi connectivity index (χ1n) is 6.06. The Hall–Kier alpha value is -1.66. The SMILES string of the molecule is CC(CC(N)=O)NCC(O)COc1ccccc1F.